The Balaban J connectivity index is 3.09. The van der Waals surface area contributed by atoms with Crippen LogP contribution in [0.3, 0.4) is 0 Å². The molecule has 10 heavy (non-hydrogen) atoms. The minimum absolute atomic E-state index is 0.493. The number of aromatic nitrogens is 1. The van der Waals surface area contributed by atoms with E-state index < -0.39 is 0 Å². The molecule has 1 radical (unpaired) electrons. The lowest BCUT2D eigenvalue weighted by Crippen LogP contribution is -1.82. The highest BCUT2D eigenvalue weighted by Gasteiger charge is 1.98. The molecule has 0 saturated heterocycles. The summed E-state index contributed by atoms with van der Waals surface area (Å²) in [5, 5.41) is 1.10. The summed E-state index contributed by atoms with van der Waals surface area (Å²) in [5.74, 6) is 0. The van der Waals surface area contributed by atoms with Gasteiger partial charge in [-0.15, -0.1) is 0 Å². The molecule has 0 unspecified atom stereocenters. The summed E-state index contributed by atoms with van der Waals surface area (Å²) < 4.78 is 0. The quantitative estimate of drug-likeness (QED) is 0.598. The van der Waals surface area contributed by atoms with Crippen molar-refractivity contribution in [2.24, 2.45) is 0 Å². The van der Waals surface area contributed by atoms with Gasteiger partial charge in [-0.25, -0.2) is 4.98 Å². The van der Waals surface area contributed by atoms with Gasteiger partial charge in [0.05, 0.1) is 5.02 Å². The average molecular weight is 175 g/mol. The normalized spacial score (nSPS) is 9.90. The molecule has 0 aliphatic rings. The topological polar surface area (TPSA) is 12.9 Å². The van der Waals surface area contributed by atoms with E-state index in [2.05, 4.69) is 4.98 Å². The molecular formula is C7H6Cl2N. The Kier molecular flexibility index (Phi) is 2.52. The SMILES string of the molecule is C[CH]c1cc(Cl)cnc1Cl. The maximum atomic E-state index is 5.70. The van der Waals surface area contributed by atoms with E-state index in [1.807, 2.05) is 13.3 Å². The summed E-state index contributed by atoms with van der Waals surface area (Å²) >= 11 is 11.3. The molecule has 53 valence electrons. The van der Waals surface area contributed by atoms with E-state index in [1.165, 1.54) is 6.20 Å². The molecule has 1 heterocycles. The number of hydrogen-bond donors (Lipinski definition) is 0. The molecule has 0 atom stereocenters. The number of pyridine rings is 1. The fourth-order valence-corrected chi connectivity index (χ4v) is 1.02. The van der Waals surface area contributed by atoms with Crippen LogP contribution >= 0.6 is 23.2 Å². The first-order valence-electron chi connectivity index (χ1n) is 2.84. The van der Waals surface area contributed by atoms with Crippen LogP contribution in [0.2, 0.25) is 10.2 Å². The van der Waals surface area contributed by atoms with Gasteiger partial charge in [-0.2, -0.15) is 0 Å². The molecule has 0 bridgehead atoms. The number of rotatable bonds is 1. The minimum Gasteiger partial charge on any atom is -0.243 e. The van der Waals surface area contributed by atoms with Crippen molar-refractivity contribution >= 4 is 23.2 Å². The second-order valence-corrected chi connectivity index (χ2v) is 2.62. The van der Waals surface area contributed by atoms with E-state index >= 15 is 0 Å². The first-order valence-corrected chi connectivity index (χ1v) is 3.60. The van der Waals surface area contributed by atoms with Gasteiger partial charge in [0.15, 0.2) is 0 Å². The summed E-state index contributed by atoms with van der Waals surface area (Å²) in [7, 11) is 0. The Morgan fingerprint density at radius 3 is 2.70 bits per heavy atom. The van der Waals surface area contributed by atoms with Gasteiger partial charge in [-0.1, -0.05) is 30.1 Å². The molecule has 0 fully saturated rings. The second-order valence-electron chi connectivity index (χ2n) is 1.82. The predicted octanol–water partition coefficient (Wildman–Crippen LogP) is 2.96. The van der Waals surface area contributed by atoms with Crippen molar-refractivity contribution < 1.29 is 0 Å². The van der Waals surface area contributed by atoms with Gasteiger partial charge in [0.1, 0.15) is 5.15 Å². The predicted molar refractivity (Wildman–Crippen MR) is 43.3 cm³/mol. The summed E-state index contributed by atoms with van der Waals surface area (Å²) in [5.41, 5.74) is 0.870. The first kappa shape index (κ1) is 7.83. The van der Waals surface area contributed by atoms with Gasteiger partial charge < -0.3 is 0 Å². The van der Waals surface area contributed by atoms with Gasteiger partial charge in [0, 0.05) is 6.20 Å². The Bertz CT molecular complexity index is 235. The zero-order valence-electron chi connectivity index (χ0n) is 5.44. The summed E-state index contributed by atoms with van der Waals surface area (Å²) in [4.78, 5) is 3.85. The Labute approximate surface area is 70.0 Å². The maximum absolute atomic E-state index is 5.70. The van der Waals surface area contributed by atoms with E-state index in [9.17, 15) is 0 Å². The monoisotopic (exact) mass is 174 g/mol. The van der Waals surface area contributed by atoms with Gasteiger partial charge >= 0.3 is 0 Å². The van der Waals surface area contributed by atoms with Crippen LogP contribution in [0.15, 0.2) is 12.3 Å². The molecular weight excluding hydrogens is 169 g/mol. The zero-order valence-corrected chi connectivity index (χ0v) is 6.95. The highest BCUT2D eigenvalue weighted by atomic mass is 35.5. The molecule has 0 aliphatic carbocycles. The van der Waals surface area contributed by atoms with Crippen molar-refractivity contribution in [3.63, 3.8) is 0 Å². The van der Waals surface area contributed by atoms with Crippen LogP contribution in [0.4, 0.5) is 0 Å². The third-order valence-corrected chi connectivity index (χ3v) is 1.67. The molecule has 1 rings (SSSR count). The van der Waals surface area contributed by atoms with E-state index in [0.717, 1.165) is 5.56 Å². The third kappa shape index (κ3) is 1.61. The number of nitrogens with zero attached hydrogens (tertiary/aromatic N) is 1. The second kappa shape index (κ2) is 3.22. The highest BCUT2D eigenvalue weighted by Crippen LogP contribution is 2.18. The van der Waals surface area contributed by atoms with Crippen molar-refractivity contribution in [3.05, 3.63) is 34.4 Å². The lowest BCUT2D eigenvalue weighted by atomic mass is 10.2. The molecule has 3 heteroatoms. The molecule has 1 aromatic rings. The van der Waals surface area contributed by atoms with Crippen LogP contribution in [-0.4, -0.2) is 4.98 Å². The Morgan fingerprint density at radius 1 is 1.50 bits per heavy atom. The first-order chi connectivity index (χ1) is 4.74. The van der Waals surface area contributed by atoms with Crippen molar-refractivity contribution in [2.45, 2.75) is 6.92 Å². The van der Waals surface area contributed by atoms with E-state index in [0.29, 0.717) is 10.2 Å². The van der Waals surface area contributed by atoms with E-state index in [1.54, 1.807) is 6.07 Å². The Hall–Kier alpha value is -0.270. The number of halogens is 2. The smallest absolute Gasteiger partial charge is 0.132 e. The molecule has 0 aliphatic heterocycles. The highest BCUT2D eigenvalue weighted by molar-refractivity contribution is 6.32. The largest absolute Gasteiger partial charge is 0.243 e. The average Bonchev–Trinajstić information content (AvgIpc) is 1.94. The lowest BCUT2D eigenvalue weighted by molar-refractivity contribution is 1.27. The summed E-state index contributed by atoms with van der Waals surface area (Å²) in [6, 6.07) is 1.77. The van der Waals surface area contributed by atoms with E-state index in [4.69, 9.17) is 23.2 Å². The van der Waals surface area contributed by atoms with Crippen LogP contribution in [-0.2, 0) is 0 Å². The maximum Gasteiger partial charge on any atom is 0.132 e. The van der Waals surface area contributed by atoms with Gasteiger partial charge in [-0.3, -0.25) is 0 Å². The third-order valence-electron chi connectivity index (χ3n) is 1.14. The van der Waals surface area contributed by atoms with Crippen LogP contribution in [0.1, 0.15) is 12.5 Å². The van der Waals surface area contributed by atoms with Crippen LogP contribution in [0, 0.1) is 6.42 Å². The van der Waals surface area contributed by atoms with Crippen molar-refractivity contribution in [2.75, 3.05) is 0 Å². The minimum atomic E-state index is 0.493. The molecule has 1 aromatic heterocycles. The van der Waals surface area contributed by atoms with E-state index in [-0.39, 0.29) is 0 Å². The Morgan fingerprint density at radius 2 is 2.20 bits per heavy atom. The molecule has 0 N–H and O–H groups in total. The van der Waals surface area contributed by atoms with Gasteiger partial charge in [-0.05, 0) is 18.1 Å². The van der Waals surface area contributed by atoms with Gasteiger partial charge in [0.2, 0.25) is 0 Å². The summed E-state index contributed by atoms with van der Waals surface area (Å²) in [6.07, 6.45) is 3.39. The van der Waals surface area contributed by atoms with Crippen molar-refractivity contribution in [1.29, 1.82) is 0 Å². The molecule has 1 nitrogen and oxygen atoms in total. The van der Waals surface area contributed by atoms with Crippen molar-refractivity contribution in [3.8, 4) is 0 Å². The van der Waals surface area contributed by atoms with Crippen LogP contribution in [0.5, 0.6) is 0 Å². The molecule has 0 amide bonds. The van der Waals surface area contributed by atoms with Gasteiger partial charge in [0.25, 0.3) is 0 Å². The molecule has 0 aromatic carbocycles. The standard InChI is InChI=1S/C7H6Cl2N/c1-2-5-3-6(8)4-10-7(5)9/h2-4H,1H3. The van der Waals surface area contributed by atoms with Crippen LogP contribution in [0.25, 0.3) is 0 Å². The summed E-state index contributed by atoms with van der Waals surface area (Å²) in [6.45, 7) is 1.89. The van der Waals surface area contributed by atoms with Crippen LogP contribution < -0.4 is 0 Å². The fraction of sp³-hybridized carbons (Fsp3) is 0.143. The zero-order chi connectivity index (χ0) is 7.56. The lowest BCUT2D eigenvalue weighted by Gasteiger charge is -1.97. The number of hydrogen-bond acceptors (Lipinski definition) is 1. The van der Waals surface area contributed by atoms with Crippen molar-refractivity contribution in [1.82, 2.24) is 4.98 Å². The molecule has 0 spiro atoms. The fourth-order valence-electron chi connectivity index (χ4n) is 0.641. The molecule has 0 saturated carbocycles.